The minimum Gasteiger partial charge on any atom is 0 e. The summed E-state index contributed by atoms with van der Waals surface area (Å²) in [5, 5.41) is 0. The Morgan fingerprint density at radius 2 is 1.32 bits per heavy atom. The summed E-state index contributed by atoms with van der Waals surface area (Å²) in [4.78, 5) is 4.40. The van der Waals surface area contributed by atoms with Crippen LogP contribution in [0.3, 0.4) is 0 Å². The maximum absolute atomic E-state index is 7.50. The van der Waals surface area contributed by atoms with E-state index in [1.165, 1.54) is 0 Å². The molecular weight excluding hydrogens is 362 g/mol. The summed E-state index contributed by atoms with van der Waals surface area (Å²) in [7, 11) is 3.30. The van der Waals surface area contributed by atoms with Gasteiger partial charge in [0.05, 0.1) is 19.9 Å². The summed E-state index contributed by atoms with van der Waals surface area (Å²) in [5.41, 5.74) is 1.83. The van der Waals surface area contributed by atoms with Crippen LogP contribution in [0.2, 0.25) is 0 Å². The van der Waals surface area contributed by atoms with Gasteiger partial charge in [-0.15, -0.1) is 0 Å². The molecule has 0 aliphatic heterocycles. The van der Waals surface area contributed by atoms with E-state index in [0.717, 1.165) is 22.7 Å². The van der Waals surface area contributed by atoms with Gasteiger partial charge in [0.25, 0.3) is 0 Å². The number of nitrogens with zero attached hydrogens (tertiary/aromatic N) is 1. The van der Waals surface area contributed by atoms with E-state index in [9.17, 15) is 0 Å². The fraction of sp³-hybridized carbons (Fsp3) is 0.111. The summed E-state index contributed by atoms with van der Waals surface area (Å²) >= 11 is 0. The molecule has 2 aromatic rings. The monoisotopic (exact) mass is 377 g/mol. The van der Waals surface area contributed by atoms with Crippen molar-refractivity contribution in [2.75, 3.05) is 14.2 Å². The van der Waals surface area contributed by atoms with Crippen molar-refractivity contribution in [3.8, 4) is 11.5 Å². The number of benzene rings is 2. The Balaban J connectivity index is -0.000000626. The molecule has 0 radical (unpaired) electrons. The number of methoxy groups -OCH3 is 2. The zero-order chi connectivity index (χ0) is 18.8. The molecule has 0 heterocycles. The minimum absolute atomic E-state index is 0. The molecule has 0 aromatic heterocycles. The van der Waals surface area contributed by atoms with Crippen LogP contribution in [0.1, 0.15) is 5.56 Å². The van der Waals surface area contributed by atoms with Crippen molar-refractivity contribution in [2.45, 2.75) is 0 Å². The molecular formula is C18H15CrNO5. The molecule has 0 saturated heterocycles. The van der Waals surface area contributed by atoms with Gasteiger partial charge in [0.1, 0.15) is 11.5 Å². The molecule has 0 N–H and O–H groups in total. The molecule has 0 unspecified atom stereocenters. The summed E-state index contributed by atoms with van der Waals surface area (Å²) in [6, 6.07) is 15.3. The van der Waals surface area contributed by atoms with E-state index in [1.807, 2.05) is 48.5 Å². The molecule has 0 aliphatic rings. The minimum atomic E-state index is 0. The molecule has 0 spiro atoms. The van der Waals surface area contributed by atoms with Crippen LogP contribution >= 0.6 is 0 Å². The summed E-state index contributed by atoms with van der Waals surface area (Å²) in [6.45, 7) is 13.5. The van der Waals surface area contributed by atoms with Crippen LogP contribution in [0.4, 0.5) is 5.69 Å². The number of para-hydroxylation sites is 1. The largest absolute Gasteiger partial charge is 0 e. The zero-order valence-electron chi connectivity index (χ0n) is 13.6. The first kappa shape index (κ1) is 27.3. The number of ether oxygens (including phenoxy) is 2. The summed E-state index contributed by atoms with van der Waals surface area (Å²) < 4.78 is 32.9. The number of rotatable bonds is 4. The van der Waals surface area contributed by atoms with Gasteiger partial charge in [0.15, 0.2) is 0 Å². The Morgan fingerprint density at radius 1 is 0.800 bits per heavy atom. The molecule has 0 aliphatic carbocycles. The topological polar surface area (TPSA) is 90.5 Å². The van der Waals surface area contributed by atoms with Gasteiger partial charge in [-0.3, -0.25) is 4.99 Å². The Morgan fingerprint density at radius 3 is 1.80 bits per heavy atom. The van der Waals surface area contributed by atoms with Gasteiger partial charge >= 0.3 is 33.9 Å². The van der Waals surface area contributed by atoms with E-state index in [-0.39, 0.29) is 17.4 Å². The average molecular weight is 377 g/mol. The number of hydrogen-bond donors (Lipinski definition) is 0. The molecule has 0 fully saturated rings. The normalized spacial score (nSPS) is 7.84. The van der Waals surface area contributed by atoms with Gasteiger partial charge in [-0.05, 0) is 36.4 Å². The van der Waals surface area contributed by atoms with Crippen LogP contribution in [-0.2, 0) is 31.3 Å². The first-order chi connectivity index (χ1) is 11.8. The molecule has 2 rings (SSSR count). The third kappa shape index (κ3) is 10.8. The summed E-state index contributed by atoms with van der Waals surface area (Å²) in [6.07, 6.45) is 1.79. The first-order valence-electron chi connectivity index (χ1n) is 6.26. The molecule has 128 valence electrons. The van der Waals surface area contributed by atoms with E-state index in [4.69, 9.17) is 23.4 Å². The second-order valence-electron chi connectivity index (χ2n) is 3.70. The van der Waals surface area contributed by atoms with Gasteiger partial charge < -0.3 is 9.47 Å². The average Bonchev–Trinajstić information content (AvgIpc) is 2.71. The maximum atomic E-state index is 7.50. The Labute approximate surface area is 157 Å². The molecule has 0 bridgehead atoms. The Bertz CT molecular complexity index is 649. The van der Waals surface area contributed by atoms with Gasteiger partial charge in [-0.25, -0.2) is 0 Å². The van der Waals surface area contributed by atoms with Crippen molar-refractivity contribution in [2.24, 2.45) is 4.99 Å². The Kier molecular flexibility index (Phi) is 21.3. The SMILES string of the molecule is COc1ccc(N=Cc2ccccc2OC)cc1.[C-]#[O+].[C-]#[O+].[C-]#[O+].[Cr]. The van der Waals surface area contributed by atoms with Crippen LogP contribution in [0.15, 0.2) is 53.5 Å². The van der Waals surface area contributed by atoms with Crippen LogP contribution in [0.25, 0.3) is 0 Å². The van der Waals surface area contributed by atoms with Crippen molar-refractivity contribution < 1.29 is 40.8 Å². The van der Waals surface area contributed by atoms with E-state index in [2.05, 4.69) is 24.9 Å². The van der Waals surface area contributed by atoms with E-state index in [1.54, 1.807) is 20.4 Å². The van der Waals surface area contributed by atoms with Crippen LogP contribution in [-0.4, -0.2) is 20.4 Å². The van der Waals surface area contributed by atoms with Crippen molar-refractivity contribution in [3.63, 3.8) is 0 Å². The van der Waals surface area contributed by atoms with Gasteiger partial charge in [-0.1, -0.05) is 12.1 Å². The predicted octanol–water partition coefficient (Wildman–Crippen LogP) is 3.34. The Hall–Kier alpha value is -2.54. The quantitative estimate of drug-likeness (QED) is 0.465. The second kappa shape index (κ2) is 19.5. The fourth-order valence-electron chi connectivity index (χ4n) is 1.59. The predicted molar refractivity (Wildman–Crippen MR) is 85.0 cm³/mol. The summed E-state index contributed by atoms with van der Waals surface area (Å²) in [5.74, 6) is 1.64. The second-order valence-corrected chi connectivity index (χ2v) is 3.70. The molecule has 7 heteroatoms. The molecule has 0 saturated carbocycles. The number of aliphatic imine (C=N–C) groups is 1. The van der Waals surface area contributed by atoms with Crippen LogP contribution < -0.4 is 9.47 Å². The molecule has 0 atom stereocenters. The third-order valence-electron chi connectivity index (χ3n) is 2.56. The molecule has 0 amide bonds. The fourth-order valence-corrected chi connectivity index (χ4v) is 1.59. The standard InChI is InChI=1S/C15H15NO2.3CO.Cr/c1-17-14-9-7-13(8-10-14)16-11-12-5-3-4-6-15(12)18-2;3*1-2;/h3-11H,1-2H3;;;;. The van der Waals surface area contributed by atoms with E-state index in [0.29, 0.717) is 0 Å². The smallest absolute Gasteiger partial charge is 0 e. The van der Waals surface area contributed by atoms with E-state index < -0.39 is 0 Å². The van der Waals surface area contributed by atoms with Crippen molar-refractivity contribution >= 4 is 11.9 Å². The zero-order valence-corrected chi connectivity index (χ0v) is 14.9. The van der Waals surface area contributed by atoms with Gasteiger partial charge in [-0.2, -0.15) is 0 Å². The first-order valence-corrected chi connectivity index (χ1v) is 6.26. The maximum Gasteiger partial charge on any atom is 0 e. The molecule has 25 heavy (non-hydrogen) atoms. The van der Waals surface area contributed by atoms with Crippen molar-refractivity contribution in [3.05, 3.63) is 74.0 Å². The molecule has 2 aromatic carbocycles. The van der Waals surface area contributed by atoms with Crippen LogP contribution in [0.5, 0.6) is 11.5 Å². The number of hydrogen-bond acceptors (Lipinski definition) is 3. The van der Waals surface area contributed by atoms with Crippen molar-refractivity contribution in [1.29, 1.82) is 0 Å². The third-order valence-corrected chi connectivity index (χ3v) is 2.56. The van der Waals surface area contributed by atoms with Gasteiger partial charge in [0, 0.05) is 29.1 Å². The van der Waals surface area contributed by atoms with Crippen LogP contribution in [0, 0.1) is 20.0 Å². The van der Waals surface area contributed by atoms with E-state index >= 15 is 0 Å². The van der Waals surface area contributed by atoms with Gasteiger partial charge in [0.2, 0.25) is 0 Å². The molecule has 6 nitrogen and oxygen atoms in total. The van der Waals surface area contributed by atoms with Crippen molar-refractivity contribution in [1.82, 2.24) is 0 Å².